The molecule has 1 heterocycles. The highest BCUT2D eigenvalue weighted by Crippen LogP contribution is 2.46. The van der Waals surface area contributed by atoms with Crippen LogP contribution in [-0.4, -0.2) is 16.2 Å². The number of rotatable bonds is 2. The van der Waals surface area contributed by atoms with Gasteiger partial charge in [0.05, 0.1) is 4.88 Å². The molecule has 1 aromatic carbocycles. The first-order chi connectivity index (χ1) is 12.1. The monoisotopic (exact) mass is 368 g/mol. The lowest BCUT2D eigenvalue weighted by atomic mass is 9.63. The maximum absolute atomic E-state index is 10.9. The Labute approximate surface area is 158 Å². The van der Waals surface area contributed by atoms with Gasteiger partial charge in [-0.2, -0.15) is 0 Å². The molecule has 1 aliphatic rings. The molecule has 1 atom stereocenters. The lowest BCUT2D eigenvalue weighted by Gasteiger charge is -2.42. The second-order valence-corrected chi connectivity index (χ2v) is 9.30. The van der Waals surface area contributed by atoms with Crippen molar-refractivity contribution in [2.24, 2.45) is 0 Å². The average Bonchev–Trinajstić information content (AvgIpc) is 3.06. The van der Waals surface area contributed by atoms with Crippen LogP contribution in [0.1, 0.15) is 77.9 Å². The van der Waals surface area contributed by atoms with E-state index in [1.165, 1.54) is 17.2 Å². The third-order valence-electron chi connectivity index (χ3n) is 5.34. The molecule has 0 amide bonds. The molecular weight excluding hydrogens is 344 g/mol. The van der Waals surface area contributed by atoms with Gasteiger partial charge in [-0.3, -0.25) is 0 Å². The molecule has 1 aromatic heterocycles. The van der Waals surface area contributed by atoms with Gasteiger partial charge in [0.25, 0.3) is 0 Å². The quantitative estimate of drug-likeness (QED) is 0.743. The number of carboxylic acid groups (broad SMARTS) is 1. The number of aromatic carboxylic acids is 1. The highest BCUT2D eigenvalue weighted by molar-refractivity contribution is 7.14. The highest BCUT2D eigenvalue weighted by Gasteiger charge is 2.37. The Bertz CT molecular complexity index is 909. The number of benzene rings is 1. The summed E-state index contributed by atoms with van der Waals surface area (Å²) in [6.07, 6.45) is 1.38. The number of carbonyl (C=O) groups is 1. The minimum absolute atomic E-state index is 0.0815. The zero-order chi connectivity index (χ0) is 19.1. The van der Waals surface area contributed by atoms with Gasteiger partial charge in [0, 0.05) is 0 Å². The van der Waals surface area contributed by atoms with Crippen molar-refractivity contribution < 1.29 is 15.0 Å². The molecule has 0 saturated heterocycles. The molecule has 2 N–H and O–H groups in total. The molecule has 3 rings (SSSR count). The van der Waals surface area contributed by atoms with Crippen LogP contribution in [0.25, 0.3) is 0 Å². The SMILES string of the molecule is CC1(C)CCC(C)(C)c2cc(C(O)C#Cc3ccc(C(=O)O)s3)ccc21. The fourth-order valence-corrected chi connectivity index (χ4v) is 4.23. The number of fused-ring (bicyclic) bond motifs is 1. The average molecular weight is 368 g/mol. The third-order valence-corrected chi connectivity index (χ3v) is 6.33. The van der Waals surface area contributed by atoms with Crippen molar-refractivity contribution in [1.82, 2.24) is 0 Å². The lowest BCUT2D eigenvalue weighted by Crippen LogP contribution is -2.34. The van der Waals surface area contributed by atoms with E-state index in [2.05, 4.69) is 51.7 Å². The Morgan fingerprint density at radius 1 is 1.08 bits per heavy atom. The Balaban J connectivity index is 1.91. The summed E-state index contributed by atoms with van der Waals surface area (Å²) in [4.78, 5) is 11.8. The first kappa shape index (κ1) is 18.7. The van der Waals surface area contributed by atoms with Crippen LogP contribution < -0.4 is 0 Å². The first-order valence-electron chi connectivity index (χ1n) is 8.78. The van der Waals surface area contributed by atoms with Gasteiger partial charge in [-0.25, -0.2) is 4.79 Å². The van der Waals surface area contributed by atoms with Gasteiger partial charge in [0.2, 0.25) is 0 Å². The van der Waals surface area contributed by atoms with Gasteiger partial charge in [-0.15, -0.1) is 11.3 Å². The van der Waals surface area contributed by atoms with Gasteiger partial charge >= 0.3 is 5.97 Å². The van der Waals surface area contributed by atoms with Gasteiger partial charge in [-0.1, -0.05) is 57.7 Å². The fraction of sp³-hybridized carbons (Fsp3) is 0.409. The minimum Gasteiger partial charge on any atom is -0.477 e. The van der Waals surface area contributed by atoms with Gasteiger partial charge in [0.15, 0.2) is 0 Å². The van der Waals surface area contributed by atoms with Crippen LogP contribution in [-0.2, 0) is 10.8 Å². The molecule has 1 unspecified atom stereocenters. The Morgan fingerprint density at radius 3 is 2.35 bits per heavy atom. The summed E-state index contributed by atoms with van der Waals surface area (Å²) >= 11 is 1.12. The van der Waals surface area contributed by atoms with Crippen LogP contribution in [0.15, 0.2) is 30.3 Å². The van der Waals surface area contributed by atoms with Crippen molar-refractivity contribution in [3.8, 4) is 11.8 Å². The van der Waals surface area contributed by atoms with Crippen LogP contribution in [0.3, 0.4) is 0 Å². The minimum atomic E-state index is -0.955. The molecule has 0 saturated carbocycles. The molecule has 0 aliphatic heterocycles. The molecule has 26 heavy (non-hydrogen) atoms. The van der Waals surface area contributed by atoms with Crippen LogP contribution in [0.5, 0.6) is 0 Å². The standard InChI is InChI=1S/C22H24O3S/c1-21(2)11-12-22(3,4)17-13-14(5-8-16(17)21)18(23)9-6-15-7-10-19(26-15)20(24)25/h5,7-8,10,13,18,23H,11-12H2,1-4H3,(H,24,25). The number of hydrogen-bond donors (Lipinski definition) is 2. The van der Waals surface area contributed by atoms with Crippen molar-refractivity contribution in [1.29, 1.82) is 0 Å². The predicted octanol–water partition coefficient (Wildman–Crippen LogP) is 4.88. The summed E-state index contributed by atoms with van der Waals surface area (Å²) < 4.78 is 0. The molecule has 4 heteroatoms. The van der Waals surface area contributed by atoms with Gasteiger partial charge in [-0.05, 0) is 52.5 Å². The predicted molar refractivity (Wildman–Crippen MR) is 105 cm³/mol. The molecule has 0 radical (unpaired) electrons. The van der Waals surface area contributed by atoms with E-state index in [9.17, 15) is 9.90 Å². The maximum Gasteiger partial charge on any atom is 0.345 e. The number of thiophene rings is 1. The van der Waals surface area contributed by atoms with E-state index >= 15 is 0 Å². The van der Waals surface area contributed by atoms with Crippen LogP contribution in [0.4, 0.5) is 0 Å². The fourth-order valence-electron chi connectivity index (χ4n) is 3.52. The molecule has 1 aliphatic carbocycles. The summed E-state index contributed by atoms with van der Waals surface area (Å²) in [5, 5.41) is 19.5. The van der Waals surface area contributed by atoms with Crippen LogP contribution in [0, 0.1) is 11.8 Å². The Morgan fingerprint density at radius 2 is 1.73 bits per heavy atom. The summed E-state index contributed by atoms with van der Waals surface area (Å²) in [6.45, 7) is 9.05. The van der Waals surface area contributed by atoms with E-state index in [0.29, 0.717) is 4.88 Å². The molecule has 0 bridgehead atoms. The first-order valence-corrected chi connectivity index (χ1v) is 9.59. The van der Waals surface area contributed by atoms with E-state index in [0.717, 1.165) is 29.7 Å². The normalized spacial score (nSPS) is 18.3. The summed E-state index contributed by atoms with van der Waals surface area (Å²) in [6, 6.07) is 9.38. The van der Waals surface area contributed by atoms with E-state index < -0.39 is 12.1 Å². The second-order valence-electron chi connectivity index (χ2n) is 8.21. The number of carboxylic acids is 1. The summed E-state index contributed by atoms with van der Waals surface area (Å²) in [5.74, 6) is 4.78. The van der Waals surface area contributed by atoms with E-state index in [-0.39, 0.29) is 15.7 Å². The smallest absolute Gasteiger partial charge is 0.345 e. The number of hydrogen-bond acceptors (Lipinski definition) is 3. The molecule has 3 nitrogen and oxygen atoms in total. The maximum atomic E-state index is 10.9. The zero-order valence-corrected chi connectivity index (χ0v) is 16.4. The number of aliphatic hydroxyl groups is 1. The molecule has 136 valence electrons. The third kappa shape index (κ3) is 3.56. The van der Waals surface area contributed by atoms with Crippen molar-refractivity contribution in [2.75, 3.05) is 0 Å². The topological polar surface area (TPSA) is 57.5 Å². The largest absolute Gasteiger partial charge is 0.477 e. The molecular formula is C22H24O3S. The zero-order valence-electron chi connectivity index (χ0n) is 15.6. The summed E-state index contributed by atoms with van der Waals surface area (Å²) in [7, 11) is 0. The van der Waals surface area contributed by atoms with Gasteiger partial charge in [0.1, 0.15) is 11.0 Å². The van der Waals surface area contributed by atoms with E-state index in [4.69, 9.17) is 5.11 Å². The van der Waals surface area contributed by atoms with E-state index in [1.54, 1.807) is 6.07 Å². The van der Waals surface area contributed by atoms with E-state index in [1.807, 2.05) is 6.07 Å². The molecule has 2 aromatic rings. The number of aliphatic hydroxyl groups excluding tert-OH is 1. The van der Waals surface area contributed by atoms with Crippen molar-refractivity contribution in [3.63, 3.8) is 0 Å². The molecule has 0 spiro atoms. The van der Waals surface area contributed by atoms with Crippen molar-refractivity contribution in [3.05, 3.63) is 56.8 Å². The van der Waals surface area contributed by atoms with Crippen molar-refractivity contribution in [2.45, 2.75) is 57.5 Å². The molecule has 0 fully saturated rings. The Hall–Kier alpha value is -2.09. The Kier molecular flexibility index (Phi) is 4.72. The highest BCUT2D eigenvalue weighted by atomic mass is 32.1. The van der Waals surface area contributed by atoms with Crippen LogP contribution >= 0.6 is 11.3 Å². The summed E-state index contributed by atoms with van der Waals surface area (Å²) in [5.41, 5.74) is 3.65. The lowest BCUT2D eigenvalue weighted by molar-refractivity contribution is 0.0702. The van der Waals surface area contributed by atoms with Crippen molar-refractivity contribution >= 4 is 17.3 Å². The van der Waals surface area contributed by atoms with Gasteiger partial charge < -0.3 is 10.2 Å². The second kappa shape index (κ2) is 6.57. The van der Waals surface area contributed by atoms with Crippen LogP contribution in [0.2, 0.25) is 0 Å².